The highest BCUT2D eigenvalue weighted by atomic mass is 35.5. The molecular formula is C22H20ClN5O3S2. The molecule has 4 aliphatic carbocycles. The predicted octanol–water partition coefficient (Wildman–Crippen LogP) is 3.29. The molecule has 1 N–H and O–H groups in total. The summed E-state index contributed by atoms with van der Waals surface area (Å²) < 4.78 is 27.4. The van der Waals surface area contributed by atoms with Crippen molar-refractivity contribution in [3.63, 3.8) is 0 Å². The summed E-state index contributed by atoms with van der Waals surface area (Å²) in [5, 5.41) is 3.98. The van der Waals surface area contributed by atoms with Crippen molar-refractivity contribution in [2.24, 2.45) is 0 Å². The normalized spacial score (nSPS) is 26.7. The Bertz CT molecular complexity index is 1380. The van der Waals surface area contributed by atoms with E-state index < -0.39 is 14.6 Å². The minimum absolute atomic E-state index is 0.115. The molecule has 8 nitrogen and oxygen atoms in total. The summed E-state index contributed by atoms with van der Waals surface area (Å²) in [5.74, 6) is 0.752. The lowest BCUT2D eigenvalue weighted by atomic mass is 9.39. The number of rotatable bonds is 6. The van der Waals surface area contributed by atoms with Crippen molar-refractivity contribution in [1.82, 2.24) is 24.6 Å². The first-order valence-corrected chi connectivity index (χ1v) is 13.6. The third-order valence-corrected chi connectivity index (χ3v) is 10.1. The van der Waals surface area contributed by atoms with Crippen LogP contribution in [0.3, 0.4) is 0 Å². The lowest BCUT2D eigenvalue weighted by molar-refractivity contribution is -0.0863. The molecule has 0 atom stereocenters. The molecule has 7 rings (SSSR count). The van der Waals surface area contributed by atoms with Crippen LogP contribution in [0.25, 0.3) is 11.3 Å². The van der Waals surface area contributed by atoms with Gasteiger partial charge in [-0.1, -0.05) is 23.7 Å². The first kappa shape index (κ1) is 21.1. The Labute approximate surface area is 199 Å². The smallest absolute Gasteiger partial charge is 0.282 e. The number of halogens is 1. The maximum atomic E-state index is 12.8. The zero-order chi connectivity index (χ0) is 23.1. The fourth-order valence-corrected chi connectivity index (χ4v) is 7.32. The number of nitrogens with one attached hydrogen (secondary N) is 1. The van der Waals surface area contributed by atoms with Gasteiger partial charge in [0.25, 0.3) is 5.91 Å². The number of hydrogen-bond donors (Lipinski definition) is 1. The molecule has 0 aliphatic heterocycles. The monoisotopic (exact) mass is 501 g/mol. The van der Waals surface area contributed by atoms with Crippen LogP contribution in [-0.4, -0.2) is 45.4 Å². The Hall–Kier alpha value is -2.43. The number of benzene rings is 1. The molecule has 4 saturated carbocycles. The van der Waals surface area contributed by atoms with Crippen molar-refractivity contribution in [3.05, 3.63) is 58.2 Å². The van der Waals surface area contributed by atoms with Gasteiger partial charge in [0.05, 0.1) is 5.69 Å². The summed E-state index contributed by atoms with van der Waals surface area (Å²) in [7, 11) is -3.31. The number of aromatic nitrogens is 4. The summed E-state index contributed by atoms with van der Waals surface area (Å²) in [6, 6.07) is 9.42. The molecule has 33 heavy (non-hydrogen) atoms. The van der Waals surface area contributed by atoms with Gasteiger partial charge >= 0.3 is 0 Å². The Kier molecular flexibility index (Phi) is 4.35. The highest BCUT2D eigenvalue weighted by molar-refractivity contribution is 7.91. The summed E-state index contributed by atoms with van der Waals surface area (Å²) in [6.45, 7) is 0. The molecule has 4 fully saturated rings. The maximum absolute atomic E-state index is 12.8. The van der Waals surface area contributed by atoms with Gasteiger partial charge in [-0.25, -0.2) is 23.4 Å². The largest absolute Gasteiger partial charge is 0.344 e. The van der Waals surface area contributed by atoms with Crippen molar-refractivity contribution >= 4 is 38.9 Å². The van der Waals surface area contributed by atoms with Crippen LogP contribution < -0.4 is 5.32 Å². The molecule has 1 amide bonds. The number of carbonyl (C=O) groups excluding carboxylic acids is 1. The lowest BCUT2D eigenvalue weighted by Gasteiger charge is -2.69. The Morgan fingerprint density at radius 2 is 1.76 bits per heavy atom. The molecule has 0 radical (unpaired) electrons. The van der Waals surface area contributed by atoms with Gasteiger partial charge in [-0.15, -0.1) is 0 Å². The van der Waals surface area contributed by atoms with E-state index in [2.05, 4.69) is 19.7 Å². The van der Waals surface area contributed by atoms with E-state index in [1.165, 1.54) is 6.26 Å². The van der Waals surface area contributed by atoms with Gasteiger partial charge < -0.3 is 5.32 Å². The predicted molar refractivity (Wildman–Crippen MR) is 124 cm³/mol. The summed E-state index contributed by atoms with van der Waals surface area (Å²) in [4.78, 5) is 26.4. The minimum atomic E-state index is -3.31. The van der Waals surface area contributed by atoms with Gasteiger partial charge in [0.2, 0.25) is 5.01 Å². The van der Waals surface area contributed by atoms with Crippen molar-refractivity contribution in [2.75, 3.05) is 6.26 Å². The summed E-state index contributed by atoms with van der Waals surface area (Å²) >= 11 is 6.94. The van der Waals surface area contributed by atoms with Crippen molar-refractivity contribution in [1.29, 1.82) is 0 Å². The summed E-state index contributed by atoms with van der Waals surface area (Å²) in [5.41, 5.74) is 1.43. The quantitative estimate of drug-likeness (QED) is 0.551. The lowest BCUT2D eigenvalue weighted by Crippen LogP contribution is -2.77. The van der Waals surface area contributed by atoms with Crippen LogP contribution in [0.1, 0.15) is 53.6 Å². The number of carbonyl (C=O) groups is 1. The van der Waals surface area contributed by atoms with Crippen LogP contribution in [0, 0.1) is 0 Å². The second-order valence-electron chi connectivity index (χ2n) is 9.51. The van der Waals surface area contributed by atoms with Crippen molar-refractivity contribution < 1.29 is 13.2 Å². The molecular weight excluding hydrogens is 482 g/mol. The average Bonchev–Trinajstić information content (AvgIpc) is 3.41. The highest BCUT2D eigenvalue weighted by Crippen LogP contribution is 2.67. The van der Waals surface area contributed by atoms with Crippen molar-refractivity contribution in [2.45, 2.75) is 47.8 Å². The molecule has 2 heterocycles. The zero-order valence-corrected chi connectivity index (χ0v) is 20.1. The number of nitrogens with zero attached hydrogens (tertiary/aromatic N) is 4. The highest BCUT2D eigenvalue weighted by Gasteiger charge is 2.70. The maximum Gasteiger partial charge on any atom is 0.282 e. The number of sulfone groups is 1. The number of amides is 1. The molecule has 3 aromatic rings. The van der Waals surface area contributed by atoms with Crippen LogP contribution in [0.5, 0.6) is 0 Å². The molecule has 0 saturated heterocycles. The van der Waals surface area contributed by atoms with E-state index >= 15 is 0 Å². The second kappa shape index (κ2) is 6.80. The third-order valence-electron chi connectivity index (χ3n) is 7.12. The topological polar surface area (TPSA) is 115 Å². The third kappa shape index (κ3) is 3.22. The summed E-state index contributed by atoms with van der Waals surface area (Å²) in [6.07, 6.45) is 6.30. The Balaban J connectivity index is 1.14. The Morgan fingerprint density at radius 3 is 2.39 bits per heavy atom. The molecule has 2 aromatic heterocycles. The van der Waals surface area contributed by atoms with Gasteiger partial charge in [-0.2, -0.15) is 4.37 Å². The SMILES string of the molecule is CS(=O)(=O)C1(c2nsc(C(=O)NC34CC(c5nccc(-c6ccc(Cl)cc6)n5)(C3)C4)n2)CC1. The van der Waals surface area contributed by atoms with E-state index in [9.17, 15) is 13.2 Å². The van der Waals surface area contributed by atoms with Crippen LogP contribution in [0.4, 0.5) is 0 Å². The van der Waals surface area contributed by atoms with E-state index in [1.807, 2.05) is 30.3 Å². The van der Waals surface area contributed by atoms with Gasteiger partial charge in [0, 0.05) is 34.0 Å². The fraction of sp³-hybridized carbons (Fsp3) is 0.409. The zero-order valence-electron chi connectivity index (χ0n) is 17.7. The first-order chi connectivity index (χ1) is 15.6. The van der Waals surface area contributed by atoms with E-state index in [0.717, 1.165) is 47.9 Å². The molecule has 4 aliphatic rings. The van der Waals surface area contributed by atoms with E-state index in [0.29, 0.717) is 17.9 Å². The molecule has 0 unspecified atom stereocenters. The molecule has 0 spiro atoms. The average molecular weight is 502 g/mol. The van der Waals surface area contributed by atoms with E-state index in [4.69, 9.17) is 16.6 Å². The van der Waals surface area contributed by atoms with E-state index in [1.54, 1.807) is 6.20 Å². The Morgan fingerprint density at radius 1 is 1.06 bits per heavy atom. The second-order valence-corrected chi connectivity index (χ2v) is 13.0. The molecule has 170 valence electrons. The number of hydrogen-bond acceptors (Lipinski definition) is 8. The fourth-order valence-electron chi connectivity index (χ4n) is 5.22. The van der Waals surface area contributed by atoms with Gasteiger partial charge in [-0.3, -0.25) is 4.79 Å². The minimum Gasteiger partial charge on any atom is -0.344 e. The van der Waals surface area contributed by atoms with Crippen LogP contribution in [0.15, 0.2) is 36.5 Å². The van der Waals surface area contributed by atoms with Gasteiger partial charge in [0.1, 0.15) is 10.6 Å². The van der Waals surface area contributed by atoms with Gasteiger partial charge in [-0.05, 0) is 61.8 Å². The van der Waals surface area contributed by atoms with Gasteiger partial charge in [0.15, 0.2) is 15.7 Å². The molecule has 11 heteroatoms. The van der Waals surface area contributed by atoms with Crippen molar-refractivity contribution in [3.8, 4) is 11.3 Å². The molecule has 1 aromatic carbocycles. The first-order valence-electron chi connectivity index (χ1n) is 10.6. The van der Waals surface area contributed by atoms with Crippen LogP contribution >= 0.6 is 23.1 Å². The molecule has 2 bridgehead atoms. The van der Waals surface area contributed by atoms with Crippen LogP contribution in [-0.2, 0) is 20.0 Å². The van der Waals surface area contributed by atoms with Crippen LogP contribution in [0.2, 0.25) is 5.02 Å². The van der Waals surface area contributed by atoms with E-state index in [-0.39, 0.29) is 27.7 Å². The standard InChI is InChI=1S/C22H20ClN5O3S2/c1-33(30,31)22(7-8-22)19-26-17(32-28-19)16(29)27-21-10-20(11-21,12-21)18-24-9-6-15(25-18)13-2-4-14(23)5-3-13/h2-6,9H,7-8,10-12H2,1H3,(H,27,29).